The molecule has 0 spiro atoms. The summed E-state index contributed by atoms with van der Waals surface area (Å²) in [7, 11) is 1.98. The highest BCUT2D eigenvalue weighted by atomic mass is 15.4. The van der Waals surface area contributed by atoms with Gasteiger partial charge in [0.15, 0.2) is 5.82 Å². The van der Waals surface area contributed by atoms with Crippen molar-refractivity contribution in [1.29, 1.82) is 0 Å². The number of hydrogen-bond acceptors (Lipinski definition) is 3. The van der Waals surface area contributed by atoms with E-state index >= 15 is 0 Å². The van der Waals surface area contributed by atoms with Crippen molar-refractivity contribution in [1.82, 2.24) is 20.1 Å². The maximum atomic E-state index is 4.53. The minimum atomic E-state index is 0.431. The highest BCUT2D eigenvalue weighted by molar-refractivity contribution is 4.94. The molecule has 0 aliphatic heterocycles. The monoisotopic (exact) mass is 210 g/mol. The van der Waals surface area contributed by atoms with E-state index in [2.05, 4.69) is 40.9 Å². The molecule has 0 radical (unpaired) electrons. The van der Waals surface area contributed by atoms with E-state index in [1.54, 1.807) is 0 Å². The zero-order valence-electron chi connectivity index (χ0n) is 10.2. The van der Waals surface area contributed by atoms with Crippen molar-refractivity contribution in [3.8, 4) is 0 Å². The quantitative estimate of drug-likeness (QED) is 0.775. The molecule has 15 heavy (non-hydrogen) atoms. The van der Waals surface area contributed by atoms with Crippen molar-refractivity contribution in [2.75, 3.05) is 13.6 Å². The molecule has 4 nitrogen and oxygen atoms in total. The van der Waals surface area contributed by atoms with Crippen molar-refractivity contribution in [3.63, 3.8) is 0 Å². The van der Waals surface area contributed by atoms with Crippen LogP contribution >= 0.6 is 0 Å². The van der Waals surface area contributed by atoms with Crippen LogP contribution in [0.2, 0.25) is 0 Å². The molecule has 0 saturated heterocycles. The summed E-state index contributed by atoms with van der Waals surface area (Å²) in [6.07, 6.45) is 2.96. The van der Waals surface area contributed by atoms with E-state index in [1.165, 1.54) is 0 Å². The minimum Gasteiger partial charge on any atom is -0.320 e. The average molecular weight is 210 g/mol. The highest BCUT2D eigenvalue weighted by Crippen LogP contribution is 2.12. The number of nitrogens with one attached hydrogen (secondary N) is 1. The third kappa shape index (κ3) is 3.02. The Balaban J connectivity index is 2.76. The standard InChI is InChI=1S/C11H22N4/c1-5-10-13-11(6-2)15(14-10)9(3)7-8-12-4/h9,12H,5-8H2,1-4H3. The van der Waals surface area contributed by atoms with Gasteiger partial charge in [0.05, 0.1) is 6.04 Å². The molecule has 0 bridgehead atoms. The maximum Gasteiger partial charge on any atom is 0.150 e. The molecule has 0 saturated carbocycles. The summed E-state index contributed by atoms with van der Waals surface area (Å²) in [5.41, 5.74) is 0. The number of aromatic nitrogens is 3. The zero-order chi connectivity index (χ0) is 11.3. The fourth-order valence-corrected chi connectivity index (χ4v) is 1.62. The average Bonchev–Trinajstić information content (AvgIpc) is 2.69. The Labute approximate surface area is 92.1 Å². The van der Waals surface area contributed by atoms with Gasteiger partial charge in [-0.2, -0.15) is 5.10 Å². The van der Waals surface area contributed by atoms with Gasteiger partial charge in [0.2, 0.25) is 0 Å². The van der Waals surface area contributed by atoms with Gasteiger partial charge in [-0.3, -0.25) is 0 Å². The van der Waals surface area contributed by atoms with E-state index in [4.69, 9.17) is 0 Å². The lowest BCUT2D eigenvalue weighted by Crippen LogP contribution is -2.17. The van der Waals surface area contributed by atoms with Gasteiger partial charge in [0, 0.05) is 12.8 Å². The first-order valence-corrected chi connectivity index (χ1v) is 5.81. The molecule has 0 aliphatic carbocycles. The van der Waals surface area contributed by atoms with Crippen LogP contribution in [-0.4, -0.2) is 28.4 Å². The van der Waals surface area contributed by atoms with E-state index in [-0.39, 0.29) is 0 Å². The van der Waals surface area contributed by atoms with Crippen LogP contribution in [0, 0.1) is 0 Å². The van der Waals surface area contributed by atoms with Gasteiger partial charge in [-0.25, -0.2) is 9.67 Å². The van der Waals surface area contributed by atoms with Crippen LogP contribution in [0.5, 0.6) is 0 Å². The molecule has 1 N–H and O–H groups in total. The van der Waals surface area contributed by atoms with Crippen molar-refractivity contribution in [2.45, 2.75) is 46.1 Å². The van der Waals surface area contributed by atoms with Crippen LogP contribution in [0.25, 0.3) is 0 Å². The zero-order valence-corrected chi connectivity index (χ0v) is 10.2. The predicted octanol–water partition coefficient (Wildman–Crippen LogP) is 1.57. The summed E-state index contributed by atoms with van der Waals surface area (Å²) in [5.74, 6) is 2.07. The van der Waals surface area contributed by atoms with Crippen molar-refractivity contribution in [2.24, 2.45) is 0 Å². The van der Waals surface area contributed by atoms with E-state index < -0.39 is 0 Å². The first kappa shape index (κ1) is 12.2. The number of hydrogen-bond donors (Lipinski definition) is 1. The number of nitrogens with zero attached hydrogens (tertiary/aromatic N) is 3. The van der Waals surface area contributed by atoms with Crippen LogP contribution in [0.3, 0.4) is 0 Å². The van der Waals surface area contributed by atoms with Crippen LogP contribution in [0.15, 0.2) is 0 Å². The summed E-state index contributed by atoms with van der Waals surface area (Å²) < 4.78 is 2.08. The third-order valence-electron chi connectivity index (χ3n) is 2.61. The summed E-state index contributed by atoms with van der Waals surface area (Å²) in [5, 5.41) is 7.70. The fourth-order valence-electron chi connectivity index (χ4n) is 1.62. The third-order valence-corrected chi connectivity index (χ3v) is 2.61. The Morgan fingerprint density at radius 2 is 2.07 bits per heavy atom. The van der Waals surface area contributed by atoms with E-state index in [0.29, 0.717) is 6.04 Å². The van der Waals surface area contributed by atoms with Crippen molar-refractivity contribution < 1.29 is 0 Å². The molecule has 0 aromatic carbocycles. The first-order valence-electron chi connectivity index (χ1n) is 5.81. The molecule has 1 unspecified atom stereocenters. The summed E-state index contributed by atoms with van der Waals surface area (Å²) in [6.45, 7) is 7.44. The molecule has 1 aromatic rings. The fraction of sp³-hybridized carbons (Fsp3) is 0.818. The molecular weight excluding hydrogens is 188 g/mol. The highest BCUT2D eigenvalue weighted by Gasteiger charge is 2.12. The van der Waals surface area contributed by atoms with Gasteiger partial charge >= 0.3 is 0 Å². The van der Waals surface area contributed by atoms with Gasteiger partial charge in [-0.05, 0) is 26.9 Å². The van der Waals surface area contributed by atoms with Crippen LogP contribution in [0.4, 0.5) is 0 Å². The largest absolute Gasteiger partial charge is 0.320 e. The summed E-state index contributed by atoms with van der Waals surface area (Å²) >= 11 is 0. The molecule has 1 rings (SSSR count). The van der Waals surface area contributed by atoms with E-state index in [9.17, 15) is 0 Å². The van der Waals surface area contributed by atoms with Gasteiger partial charge in [-0.15, -0.1) is 0 Å². The Morgan fingerprint density at radius 1 is 1.33 bits per heavy atom. The van der Waals surface area contributed by atoms with Gasteiger partial charge in [0.1, 0.15) is 5.82 Å². The van der Waals surface area contributed by atoms with Crippen LogP contribution in [0.1, 0.15) is 44.9 Å². The van der Waals surface area contributed by atoms with Crippen LogP contribution < -0.4 is 5.32 Å². The molecule has 0 amide bonds. The van der Waals surface area contributed by atoms with Gasteiger partial charge in [0.25, 0.3) is 0 Å². The second-order valence-corrected chi connectivity index (χ2v) is 3.84. The molecule has 0 aliphatic rings. The predicted molar refractivity (Wildman–Crippen MR) is 62.0 cm³/mol. The number of rotatable bonds is 6. The Hall–Kier alpha value is -0.900. The van der Waals surface area contributed by atoms with E-state index in [0.717, 1.165) is 37.5 Å². The molecular formula is C11H22N4. The van der Waals surface area contributed by atoms with E-state index in [1.807, 2.05) is 7.05 Å². The molecule has 1 aromatic heterocycles. The second kappa shape index (κ2) is 5.85. The van der Waals surface area contributed by atoms with Gasteiger partial charge < -0.3 is 5.32 Å². The SMILES string of the molecule is CCc1nc(CC)n(C(C)CCNC)n1. The summed E-state index contributed by atoms with van der Waals surface area (Å²) in [4.78, 5) is 4.51. The Bertz CT molecular complexity index is 293. The maximum absolute atomic E-state index is 4.53. The topological polar surface area (TPSA) is 42.7 Å². The smallest absolute Gasteiger partial charge is 0.150 e. The lowest BCUT2D eigenvalue weighted by molar-refractivity contribution is 0.434. The summed E-state index contributed by atoms with van der Waals surface area (Å²) in [6, 6.07) is 0.431. The molecule has 1 heterocycles. The lowest BCUT2D eigenvalue weighted by Gasteiger charge is -2.13. The lowest BCUT2D eigenvalue weighted by atomic mass is 10.2. The Morgan fingerprint density at radius 3 is 2.60 bits per heavy atom. The van der Waals surface area contributed by atoms with Crippen LogP contribution in [-0.2, 0) is 12.8 Å². The molecule has 4 heteroatoms. The Kier molecular flexibility index (Phi) is 4.75. The first-order chi connectivity index (χ1) is 7.22. The normalized spacial score (nSPS) is 13.1. The molecule has 86 valence electrons. The minimum absolute atomic E-state index is 0.431. The molecule has 1 atom stereocenters. The van der Waals surface area contributed by atoms with Gasteiger partial charge in [-0.1, -0.05) is 13.8 Å². The van der Waals surface area contributed by atoms with Crippen molar-refractivity contribution >= 4 is 0 Å². The number of aryl methyl sites for hydroxylation is 2. The van der Waals surface area contributed by atoms with Crippen molar-refractivity contribution in [3.05, 3.63) is 11.6 Å². The second-order valence-electron chi connectivity index (χ2n) is 3.84. The molecule has 0 fully saturated rings.